The molecule has 0 fully saturated rings. The van der Waals surface area contributed by atoms with Crippen molar-refractivity contribution in [1.29, 1.82) is 0 Å². The molecule has 27 heavy (non-hydrogen) atoms. The molecule has 6 nitrogen and oxygen atoms in total. The van der Waals surface area contributed by atoms with Gasteiger partial charge in [0.15, 0.2) is 17.4 Å². The highest BCUT2D eigenvalue weighted by molar-refractivity contribution is 14.0. The number of nitrogens with one attached hydrogen (secondary N) is 2. The minimum absolute atomic E-state index is 0. The van der Waals surface area contributed by atoms with Crippen molar-refractivity contribution in [3.63, 3.8) is 0 Å². The molecule has 0 aliphatic heterocycles. The molecule has 2 aromatic heterocycles. The first-order chi connectivity index (χ1) is 12.7. The minimum atomic E-state index is -0.180. The molecular formula is C18H21BrFIN6. The number of nitrogens with zero attached hydrogens (tertiary/aromatic N) is 4. The predicted octanol–water partition coefficient (Wildman–Crippen LogP) is 3.55. The van der Waals surface area contributed by atoms with Crippen LogP contribution >= 0.6 is 39.9 Å². The van der Waals surface area contributed by atoms with Crippen molar-refractivity contribution >= 4 is 51.5 Å². The molecular weight excluding hydrogens is 526 g/mol. The lowest BCUT2D eigenvalue weighted by Crippen LogP contribution is -2.37. The molecule has 0 unspecified atom stereocenters. The number of hydrogen-bond donors (Lipinski definition) is 2. The van der Waals surface area contributed by atoms with E-state index in [0.29, 0.717) is 31.0 Å². The number of aromatic nitrogens is 3. The third-order valence-electron chi connectivity index (χ3n) is 3.95. The van der Waals surface area contributed by atoms with Gasteiger partial charge in [0.1, 0.15) is 5.82 Å². The molecule has 1 aromatic carbocycles. The molecule has 0 amide bonds. The van der Waals surface area contributed by atoms with E-state index in [1.165, 1.54) is 6.07 Å². The van der Waals surface area contributed by atoms with Gasteiger partial charge in [0, 0.05) is 24.3 Å². The first-order valence-corrected chi connectivity index (χ1v) is 9.14. The SMILES string of the molecule is CN=C(NCCCc1ccc(Br)cc1F)NCc1nnc2ccccn12.I. The number of pyridine rings is 1. The summed E-state index contributed by atoms with van der Waals surface area (Å²) in [5.74, 6) is 1.30. The number of aryl methyl sites for hydroxylation is 1. The van der Waals surface area contributed by atoms with Crippen LogP contribution in [0, 0.1) is 5.82 Å². The van der Waals surface area contributed by atoms with Crippen LogP contribution in [0.3, 0.4) is 0 Å². The molecule has 0 radical (unpaired) electrons. The Morgan fingerprint density at radius 1 is 1.22 bits per heavy atom. The van der Waals surface area contributed by atoms with Crippen molar-refractivity contribution in [1.82, 2.24) is 25.2 Å². The summed E-state index contributed by atoms with van der Waals surface area (Å²) in [6.45, 7) is 1.20. The number of guanidine groups is 1. The summed E-state index contributed by atoms with van der Waals surface area (Å²) in [5, 5.41) is 14.7. The molecule has 9 heteroatoms. The van der Waals surface area contributed by atoms with Crippen LogP contribution in [0.15, 0.2) is 52.1 Å². The Kier molecular flexibility index (Phi) is 8.42. The number of rotatable bonds is 6. The maximum Gasteiger partial charge on any atom is 0.191 e. The van der Waals surface area contributed by atoms with Gasteiger partial charge in [0.2, 0.25) is 0 Å². The van der Waals surface area contributed by atoms with Gasteiger partial charge in [-0.25, -0.2) is 4.39 Å². The monoisotopic (exact) mass is 546 g/mol. The maximum atomic E-state index is 13.8. The van der Waals surface area contributed by atoms with Crippen LogP contribution in [0.5, 0.6) is 0 Å². The number of hydrogen-bond acceptors (Lipinski definition) is 3. The Morgan fingerprint density at radius 2 is 2.07 bits per heavy atom. The number of aliphatic imine (C=N–C) groups is 1. The summed E-state index contributed by atoms with van der Waals surface area (Å²) < 4.78 is 16.5. The topological polar surface area (TPSA) is 66.6 Å². The Labute approximate surface area is 182 Å². The van der Waals surface area contributed by atoms with E-state index in [1.54, 1.807) is 7.05 Å². The standard InChI is InChI=1S/C18H20BrFN6.HI/c1-21-18(22-9-4-5-13-7-8-14(19)11-15(13)20)23-12-17-25-24-16-6-2-3-10-26(16)17;/h2-3,6-8,10-11H,4-5,9,12H2,1H3,(H2,21,22,23);1H. The lowest BCUT2D eigenvalue weighted by atomic mass is 10.1. The molecule has 0 saturated heterocycles. The summed E-state index contributed by atoms with van der Waals surface area (Å²) in [6, 6.07) is 10.9. The van der Waals surface area contributed by atoms with Gasteiger partial charge in [0.25, 0.3) is 0 Å². The van der Waals surface area contributed by atoms with E-state index in [0.717, 1.165) is 22.4 Å². The molecule has 144 valence electrons. The highest BCUT2D eigenvalue weighted by Gasteiger charge is 2.06. The van der Waals surface area contributed by atoms with E-state index in [2.05, 4.69) is 41.8 Å². The van der Waals surface area contributed by atoms with E-state index in [-0.39, 0.29) is 29.8 Å². The maximum absolute atomic E-state index is 13.8. The highest BCUT2D eigenvalue weighted by Crippen LogP contribution is 2.16. The fourth-order valence-corrected chi connectivity index (χ4v) is 2.94. The van der Waals surface area contributed by atoms with Gasteiger partial charge >= 0.3 is 0 Å². The van der Waals surface area contributed by atoms with Gasteiger partial charge < -0.3 is 10.6 Å². The molecule has 0 spiro atoms. The normalized spacial score (nSPS) is 11.3. The Balaban J connectivity index is 0.00000261. The van der Waals surface area contributed by atoms with Gasteiger partial charge in [-0.05, 0) is 42.7 Å². The Bertz CT molecular complexity index is 914. The lowest BCUT2D eigenvalue weighted by Gasteiger charge is -2.11. The number of fused-ring (bicyclic) bond motifs is 1. The van der Waals surface area contributed by atoms with Crippen molar-refractivity contribution in [3.05, 3.63) is 64.3 Å². The van der Waals surface area contributed by atoms with Crippen molar-refractivity contribution < 1.29 is 4.39 Å². The second-order valence-corrected chi connectivity index (χ2v) is 6.65. The number of halogens is 3. The molecule has 0 aliphatic carbocycles. The molecule has 0 bridgehead atoms. The molecule has 3 aromatic rings. The van der Waals surface area contributed by atoms with Crippen molar-refractivity contribution in [2.75, 3.05) is 13.6 Å². The van der Waals surface area contributed by atoms with Crippen LogP contribution in [0.25, 0.3) is 5.65 Å². The molecule has 0 saturated carbocycles. The van der Waals surface area contributed by atoms with E-state index >= 15 is 0 Å². The Hall–Kier alpha value is -1.75. The van der Waals surface area contributed by atoms with Gasteiger partial charge in [-0.3, -0.25) is 9.39 Å². The van der Waals surface area contributed by atoms with Crippen LogP contribution in [0.1, 0.15) is 17.8 Å². The largest absolute Gasteiger partial charge is 0.356 e. The second kappa shape index (κ2) is 10.5. The third kappa shape index (κ3) is 5.86. The van der Waals surface area contributed by atoms with E-state index in [1.807, 2.05) is 40.9 Å². The fraction of sp³-hybridized carbons (Fsp3) is 0.278. The molecule has 0 atom stereocenters. The van der Waals surface area contributed by atoms with Crippen LogP contribution < -0.4 is 10.6 Å². The fourth-order valence-electron chi connectivity index (χ4n) is 2.60. The Morgan fingerprint density at radius 3 is 2.85 bits per heavy atom. The number of benzene rings is 1. The summed E-state index contributed by atoms with van der Waals surface area (Å²) in [7, 11) is 1.71. The zero-order valence-electron chi connectivity index (χ0n) is 14.8. The first kappa shape index (κ1) is 21.5. The van der Waals surface area contributed by atoms with Crippen molar-refractivity contribution in [2.45, 2.75) is 19.4 Å². The molecule has 3 rings (SSSR count). The zero-order valence-corrected chi connectivity index (χ0v) is 18.7. The van der Waals surface area contributed by atoms with Crippen molar-refractivity contribution in [2.24, 2.45) is 4.99 Å². The summed E-state index contributed by atoms with van der Waals surface area (Å²) in [5.41, 5.74) is 1.52. The molecule has 2 N–H and O–H groups in total. The van der Waals surface area contributed by atoms with Crippen LogP contribution in [-0.2, 0) is 13.0 Å². The van der Waals surface area contributed by atoms with Gasteiger partial charge in [-0.2, -0.15) is 0 Å². The van der Waals surface area contributed by atoms with Crippen molar-refractivity contribution in [3.8, 4) is 0 Å². The zero-order chi connectivity index (χ0) is 18.4. The highest BCUT2D eigenvalue weighted by atomic mass is 127. The van der Waals surface area contributed by atoms with Gasteiger partial charge in [-0.15, -0.1) is 34.2 Å². The smallest absolute Gasteiger partial charge is 0.191 e. The molecule has 0 aliphatic rings. The van der Waals surface area contributed by atoms with E-state index in [4.69, 9.17) is 0 Å². The average molecular weight is 547 g/mol. The lowest BCUT2D eigenvalue weighted by molar-refractivity contribution is 0.601. The minimum Gasteiger partial charge on any atom is -0.356 e. The summed E-state index contributed by atoms with van der Waals surface area (Å²) in [4.78, 5) is 4.20. The van der Waals surface area contributed by atoms with Gasteiger partial charge in [0.05, 0.1) is 6.54 Å². The third-order valence-corrected chi connectivity index (χ3v) is 4.45. The molecule has 2 heterocycles. The van der Waals surface area contributed by atoms with E-state index in [9.17, 15) is 4.39 Å². The second-order valence-electron chi connectivity index (χ2n) is 5.74. The quantitative estimate of drug-likeness (QED) is 0.215. The predicted molar refractivity (Wildman–Crippen MR) is 119 cm³/mol. The van der Waals surface area contributed by atoms with Crippen LogP contribution in [0.2, 0.25) is 0 Å². The average Bonchev–Trinajstić information content (AvgIpc) is 3.06. The van der Waals surface area contributed by atoms with Gasteiger partial charge in [-0.1, -0.05) is 28.1 Å². The van der Waals surface area contributed by atoms with Crippen LogP contribution in [0.4, 0.5) is 4.39 Å². The van der Waals surface area contributed by atoms with Crippen LogP contribution in [-0.4, -0.2) is 34.2 Å². The van der Waals surface area contributed by atoms with E-state index < -0.39 is 0 Å². The summed E-state index contributed by atoms with van der Waals surface area (Å²) in [6.07, 6.45) is 3.39. The summed E-state index contributed by atoms with van der Waals surface area (Å²) >= 11 is 3.27. The first-order valence-electron chi connectivity index (χ1n) is 8.34.